The zero-order valence-corrected chi connectivity index (χ0v) is 18.4. The predicted molar refractivity (Wildman–Crippen MR) is 119 cm³/mol. The van der Waals surface area contributed by atoms with E-state index in [-0.39, 0.29) is 10.7 Å². The zero-order valence-electron chi connectivity index (χ0n) is 17.6. The summed E-state index contributed by atoms with van der Waals surface area (Å²) in [6.45, 7) is 2.06. The number of hydrogen-bond donors (Lipinski definition) is 0. The van der Waals surface area contributed by atoms with Gasteiger partial charge in [-0.2, -0.15) is 4.31 Å². The molecule has 170 valence electrons. The van der Waals surface area contributed by atoms with Crippen molar-refractivity contribution in [3.05, 3.63) is 84.3 Å². The summed E-state index contributed by atoms with van der Waals surface area (Å²) in [5, 5.41) is 0. The molecule has 0 saturated carbocycles. The number of rotatable bonds is 5. The zero-order chi connectivity index (χ0) is 23.0. The lowest BCUT2D eigenvalue weighted by molar-refractivity contribution is 0.177. The van der Waals surface area contributed by atoms with Crippen LogP contribution in [0.25, 0.3) is 16.9 Å². The van der Waals surface area contributed by atoms with Gasteiger partial charge >= 0.3 is 0 Å². The third-order valence-corrected chi connectivity index (χ3v) is 7.61. The fraction of sp³-hybridized carbons (Fsp3) is 0.217. The fourth-order valence-corrected chi connectivity index (χ4v) is 5.46. The van der Waals surface area contributed by atoms with Crippen LogP contribution >= 0.6 is 0 Å². The Balaban J connectivity index is 1.37. The summed E-state index contributed by atoms with van der Waals surface area (Å²) < 4.78 is 56.1. The first kappa shape index (κ1) is 21.6. The molecule has 4 aromatic rings. The van der Waals surface area contributed by atoms with Gasteiger partial charge < -0.3 is 0 Å². The number of imidazole rings is 1. The summed E-state index contributed by atoms with van der Waals surface area (Å²) in [6, 6.07) is 14.8. The van der Waals surface area contributed by atoms with Gasteiger partial charge in [0.2, 0.25) is 10.0 Å². The average Bonchev–Trinajstić information content (AvgIpc) is 3.17. The summed E-state index contributed by atoms with van der Waals surface area (Å²) in [4.78, 5) is 11.3. The summed E-state index contributed by atoms with van der Waals surface area (Å²) in [7, 11) is -3.68. The summed E-state index contributed by atoms with van der Waals surface area (Å²) in [5.41, 5.74) is 1.97. The van der Waals surface area contributed by atoms with Crippen LogP contribution in [0, 0.1) is 11.6 Å². The third kappa shape index (κ3) is 4.24. The van der Waals surface area contributed by atoms with E-state index < -0.39 is 15.8 Å². The summed E-state index contributed by atoms with van der Waals surface area (Å²) in [6.07, 6.45) is 1.67. The Labute approximate surface area is 190 Å². The number of sulfonamides is 1. The molecule has 10 heteroatoms. The second-order valence-electron chi connectivity index (χ2n) is 7.82. The number of benzene rings is 2. The molecule has 1 aliphatic rings. The molecule has 1 fully saturated rings. The number of pyridine rings is 1. The van der Waals surface area contributed by atoms with Crippen molar-refractivity contribution in [2.45, 2.75) is 11.4 Å². The van der Waals surface area contributed by atoms with Crippen LogP contribution in [0.3, 0.4) is 0 Å². The van der Waals surface area contributed by atoms with Gasteiger partial charge in [-0.1, -0.05) is 6.07 Å². The van der Waals surface area contributed by atoms with Crippen molar-refractivity contribution in [2.24, 2.45) is 0 Å². The molecule has 2 aromatic heterocycles. The lowest BCUT2D eigenvalue weighted by atomic mass is 10.3. The number of aromatic nitrogens is 3. The van der Waals surface area contributed by atoms with E-state index in [9.17, 15) is 17.2 Å². The van der Waals surface area contributed by atoms with E-state index in [1.807, 2.05) is 10.6 Å². The highest BCUT2D eigenvalue weighted by Gasteiger charge is 2.29. The molecule has 0 atom stereocenters. The van der Waals surface area contributed by atoms with E-state index in [4.69, 9.17) is 4.98 Å². The maximum absolute atomic E-state index is 13.9. The Morgan fingerprint density at radius 3 is 2.36 bits per heavy atom. The number of nitrogens with zero attached hydrogens (tertiary/aromatic N) is 5. The number of halogens is 2. The van der Waals surface area contributed by atoms with Gasteiger partial charge in [-0.05, 0) is 54.6 Å². The van der Waals surface area contributed by atoms with Crippen LogP contribution in [0.1, 0.15) is 5.82 Å². The molecule has 33 heavy (non-hydrogen) atoms. The van der Waals surface area contributed by atoms with E-state index in [0.29, 0.717) is 55.4 Å². The SMILES string of the molecule is O=S(=O)(c1ccc(F)cc1)N1CCN(Cc2nc3cccnc3n2-c2cccc(F)c2)CC1. The minimum Gasteiger partial charge on any atom is -0.293 e. The number of hydrogen-bond acceptors (Lipinski definition) is 5. The third-order valence-electron chi connectivity index (χ3n) is 5.70. The molecule has 1 aliphatic heterocycles. The Morgan fingerprint density at radius 1 is 0.879 bits per heavy atom. The van der Waals surface area contributed by atoms with Crippen LogP contribution in [0.5, 0.6) is 0 Å². The Bertz CT molecular complexity index is 1400. The highest BCUT2D eigenvalue weighted by Crippen LogP contribution is 2.23. The molecule has 0 spiro atoms. The maximum Gasteiger partial charge on any atom is 0.243 e. The fourth-order valence-electron chi connectivity index (χ4n) is 4.04. The highest BCUT2D eigenvalue weighted by atomic mass is 32.2. The first-order valence-corrected chi connectivity index (χ1v) is 11.9. The van der Waals surface area contributed by atoms with Crippen molar-refractivity contribution < 1.29 is 17.2 Å². The monoisotopic (exact) mass is 469 g/mol. The second kappa shape index (κ2) is 8.62. The van der Waals surface area contributed by atoms with Crippen LogP contribution in [0.15, 0.2) is 71.8 Å². The number of piperazine rings is 1. The normalized spacial score (nSPS) is 15.8. The molecule has 3 heterocycles. The largest absolute Gasteiger partial charge is 0.293 e. The first-order chi connectivity index (χ1) is 15.9. The van der Waals surface area contributed by atoms with Crippen LogP contribution < -0.4 is 0 Å². The van der Waals surface area contributed by atoms with Crippen LogP contribution in [-0.2, 0) is 16.6 Å². The van der Waals surface area contributed by atoms with Crippen molar-refractivity contribution in [3.8, 4) is 5.69 Å². The predicted octanol–water partition coefficient (Wildman–Crippen LogP) is 3.21. The van der Waals surface area contributed by atoms with Gasteiger partial charge in [0.25, 0.3) is 0 Å². The van der Waals surface area contributed by atoms with Gasteiger partial charge in [-0.15, -0.1) is 0 Å². The Morgan fingerprint density at radius 2 is 1.64 bits per heavy atom. The molecule has 0 radical (unpaired) electrons. The van der Waals surface area contributed by atoms with Gasteiger partial charge in [0.05, 0.1) is 17.1 Å². The molecular formula is C23H21F2N5O2S. The molecule has 0 bridgehead atoms. The van der Waals surface area contributed by atoms with E-state index >= 15 is 0 Å². The van der Waals surface area contributed by atoms with E-state index in [1.165, 1.54) is 28.6 Å². The molecule has 2 aromatic carbocycles. The highest BCUT2D eigenvalue weighted by molar-refractivity contribution is 7.89. The average molecular weight is 470 g/mol. The van der Waals surface area contributed by atoms with Crippen molar-refractivity contribution >= 4 is 21.2 Å². The Kier molecular flexibility index (Phi) is 5.65. The van der Waals surface area contributed by atoms with Gasteiger partial charge in [0.1, 0.15) is 23.0 Å². The van der Waals surface area contributed by atoms with Gasteiger partial charge in [0.15, 0.2) is 5.65 Å². The standard InChI is InChI=1S/C23H21F2N5O2S/c24-17-6-8-20(9-7-17)33(31,32)29-13-11-28(12-14-29)16-22-27-21-5-2-10-26-23(21)30(22)19-4-1-3-18(25)15-19/h1-10,15H,11-14,16H2. The molecule has 0 amide bonds. The molecule has 0 aliphatic carbocycles. The minimum absolute atomic E-state index is 0.0799. The van der Waals surface area contributed by atoms with E-state index in [0.717, 1.165) is 12.1 Å². The maximum atomic E-state index is 13.9. The van der Waals surface area contributed by atoms with Crippen molar-refractivity contribution in [1.29, 1.82) is 0 Å². The van der Waals surface area contributed by atoms with Crippen LogP contribution in [0.4, 0.5) is 8.78 Å². The van der Waals surface area contributed by atoms with Crippen LogP contribution in [0.2, 0.25) is 0 Å². The van der Waals surface area contributed by atoms with Gasteiger partial charge in [-0.25, -0.2) is 27.2 Å². The quantitative estimate of drug-likeness (QED) is 0.449. The summed E-state index contributed by atoms with van der Waals surface area (Å²) >= 11 is 0. The first-order valence-electron chi connectivity index (χ1n) is 10.5. The lowest BCUT2D eigenvalue weighted by Crippen LogP contribution is -2.48. The second-order valence-corrected chi connectivity index (χ2v) is 9.76. The Hall–Kier alpha value is -3.21. The van der Waals surface area contributed by atoms with Crippen molar-refractivity contribution in [2.75, 3.05) is 26.2 Å². The van der Waals surface area contributed by atoms with E-state index in [1.54, 1.807) is 24.4 Å². The summed E-state index contributed by atoms with van der Waals surface area (Å²) in [5.74, 6) is -0.130. The molecule has 7 nitrogen and oxygen atoms in total. The molecular weight excluding hydrogens is 448 g/mol. The van der Waals surface area contributed by atoms with Gasteiger partial charge in [-0.3, -0.25) is 9.47 Å². The number of fused-ring (bicyclic) bond motifs is 1. The molecule has 0 N–H and O–H groups in total. The topological polar surface area (TPSA) is 71.3 Å². The lowest BCUT2D eigenvalue weighted by Gasteiger charge is -2.33. The van der Waals surface area contributed by atoms with E-state index in [2.05, 4.69) is 9.88 Å². The van der Waals surface area contributed by atoms with Crippen LogP contribution in [-0.4, -0.2) is 58.3 Å². The molecule has 0 unspecified atom stereocenters. The van der Waals surface area contributed by atoms with Crippen molar-refractivity contribution in [3.63, 3.8) is 0 Å². The van der Waals surface area contributed by atoms with Gasteiger partial charge in [0, 0.05) is 32.4 Å². The van der Waals surface area contributed by atoms with Crippen molar-refractivity contribution in [1.82, 2.24) is 23.7 Å². The molecule has 1 saturated heterocycles. The molecule has 5 rings (SSSR count). The minimum atomic E-state index is -3.68. The smallest absolute Gasteiger partial charge is 0.243 e.